The highest BCUT2D eigenvalue weighted by Gasteiger charge is 2.16. The number of hydrogen-bond acceptors (Lipinski definition) is 7. The lowest BCUT2D eigenvalue weighted by molar-refractivity contribution is 0.0997. The van der Waals surface area contributed by atoms with Crippen LogP contribution in [0.4, 0.5) is 5.69 Å². The normalized spacial score (nSPS) is 12.0. The number of fused-ring (bicyclic) bond motifs is 1. The van der Waals surface area contributed by atoms with Gasteiger partial charge >= 0.3 is 0 Å². The molecule has 0 fully saturated rings. The van der Waals surface area contributed by atoms with Gasteiger partial charge in [-0.25, -0.2) is 8.42 Å². The molecule has 1 amide bonds. The third-order valence-corrected chi connectivity index (χ3v) is 7.85. The Hall–Kier alpha value is -3.67. The zero-order valence-electron chi connectivity index (χ0n) is 20.6. The number of ether oxygens (including phenoxy) is 3. The van der Waals surface area contributed by atoms with E-state index in [1.54, 1.807) is 37.4 Å². The van der Waals surface area contributed by atoms with Crippen LogP contribution in [0.15, 0.2) is 76.6 Å². The fourth-order valence-corrected chi connectivity index (χ4v) is 5.76. The predicted molar refractivity (Wildman–Crippen MR) is 143 cm³/mol. The number of methoxy groups -OCH3 is 2. The van der Waals surface area contributed by atoms with Crippen LogP contribution in [0, 0.1) is 0 Å². The molecule has 0 bridgehead atoms. The average Bonchev–Trinajstić information content (AvgIpc) is 3.23. The smallest absolute Gasteiger partial charge is 0.279 e. The summed E-state index contributed by atoms with van der Waals surface area (Å²) in [4.78, 5) is 18.1. The molecule has 0 aliphatic rings. The van der Waals surface area contributed by atoms with Gasteiger partial charge < -0.3 is 18.8 Å². The second kappa shape index (κ2) is 11.6. The van der Waals surface area contributed by atoms with E-state index in [9.17, 15) is 13.2 Å². The highest BCUT2D eigenvalue weighted by atomic mass is 32.2. The van der Waals surface area contributed by atoms with Crippen LogP contribution in [-0.2, 0) is 21.3 Å². The van der Waals surface area contributed by atoms with Gasteiger partial charge in [0, 0.05) is 24.9 Å². The Labute approximate surface area is 219 Å². The quantitative estimate of drug-likeness (QED) is 0.321. The molecule has 0 saturated carbocycles. The van der Waals surface area contributed by atoms with E-state index in [0.29, 0.717) is 30.3 Å². The molecule has 0 atom stereocenters. The van der Waals surface area contributed by atoms with Crippen LogP contribution < -0.4 is 19.0 Å². The molecule has 9 nitrogen and oxygen atoms in total. The minimum Gasteiger partial charge on any atom is -0.497 e. The topological polar surface area (TPSA) is 108 Å². The molecule has 4 aromatic rings. The second-order valence-electron chi connectivity index (χ2n) is 7.87. The Morgan fingerprint density at radius 3 is 2.49 bits per heavy atom. The fourth-order valence-electron chi connectivity index (χ4n) is 3.63. The third kappa shape index (κ3) is 6.19. The van der Waals surface area contributed by atoms with Crippen LogP contribution in [0.3, 0.4) is 0 Å². The largest absolute Gasteiger partial charge is 0.497 e. The molecule has 4 rings (SSSR count). The summed E-state index contributed by atoms with van der Waals surface area (Å²) in [6, 6.07) is 18.0. The van der Waals surface area contributed by atoms with Gasteiger partial charge in [0.1, 0.15) is 11.5 Å². The average molecular weight is 542 g/mol. The first kappa shape index (κ1) is 26.4. The van der Waals surface area contributed by atoms with E-state index in [-0.39, 0.29) is 16.1 Å². The summed E-state index contributed by atoms with van der Waals surface area (Å²) in [5.74, 6) is 0.796. The van der Waals surface area contributed by atoms with Gasteiger partial charge in [-0.2, -0.15) is 4.99 Å². The minimum atomic E-state index is -3.86. The van der Waals surface area contributed by atoms with Crippen LogP contribution in [0.25, 0.3) is 10.2 Å². The van der Waals surface area contributed by atoms with Gasteiger partial charge in [-0.1, -0.05) is 17.4 Å². The maximum absolute atomic E-state index is 13.1. The monoisotopic (exact) mass is 541 g/mol. The number of aromatic nitrogens is 1. The zero-order valence-corrected chi connectivity index (χ0v) is 22.3. The maximum atomic E-state index is 13.1. The van der Waals surface area contributed by atoms with Gasteiger partial charge in [0.15, 0.2) is 4.80 Å². The van der Waals surface area contributed by atoms with Crippen LogP contribution in [0.2, 0.25) is 0 Å². The molecule has 0 spiro atoms. The van der Waals surface area contributed by atoms with Crippen molar-refractivity contribution in [3.63, 3.8) is 0 Å². The van der Waals surface area contributed by atoms with E-state index >= 15 is 0 Å². The molecule has 3 aromatic carbocycles. The lowest BCUT2D eigenvalue weighted by atomic mass is 10.2. The van der Waals surface area contributed by atoms with E-state index in [1.165, 1.54) is 36.6 Å². The third-order valence-electron chi connectivity index (χ3n) is 5.41. The van der Waals surface area contributed by atoms with E-state index in [2.05, 4.69) is 9.71 Å². The molecule has 0 radical (unpaired) electrons. The highest BCUT2D eigenvalue weighted by Crippen LogP contribution is 2.24. The maximum Gasteiger partial charge on any atom is 0.279 e. The number of sulfonamides is 1. The number of carbonyl (C=O) groups is 1. The molecule has 0 aliphatic heterocycles. The van der Waals surface area contributed by atoms with Crippen molar-refractivity contribution in [3.8, 4) is 11.5 Å². The SMILES string of the molecule is CCOc1ccc2c(c1)sc(=NC(=O)c1cccc(NS(=O)(=O)c3ccc(OC)cc3)c1)n2CCOC. The lowest BCUT2D eigenvalue weighted by Crippen LogP contribution is -2.19. The van der Waals surface area contributed by atoms with Crippen LogP contribution in [0.5, 0.6) is 11.5 Å². The summed E-state index contributed by atoms with van der Waals surface area (Å²) >= 11 is 1.37. The number of benzene rings is 3. The van der Waals surface area contributed by atoms with E-state index in [0.717, 1.165) is 16.0 Å². The van der Waals surface area contributed by atoms with Crippen molar-refractivity contribution in [2.45, 2.75) is 18.4 Å². The zero-order chi connectivity index (χ0) is 26.4. The Morgan fingerprint density at radius 1 is 1.03 bits per heavy atom. The van der Waals surface area contributed by atoms with Crippen molar-refractivity contribution in [3.05, 3.63) is 77.1 Å². The number of hydrogen-bond donors (Lipinski definition) is 1. The molecule has 1 N–H and O–H groups in total. The van der Waals surface area contributed by atoms with Gasteiger partial charge in [-0.15, -0.1) is 0 Å². The van der Waals surface area contributed by atoms with Crippen molar-refractivity contribution in [2.75, 3.05) is 32.2 Å². The molecule has 0 saturated heterocycles. The molecule has 37 heavy (non-hydrogen) atoms. The van der Waals surface area contributed by atoms with Crippen molar-refractivity contribution in [1.29, 1.82) is 0 Å². The molecule has 194 valence electrons. The number of nitrogens with one attached hydrogen (secondary N) is 1. The van der Waals surface area contributed by atoms with Gasteiger partial charge in [0.2, 0.25) is 0 Å². The van der Waals surface area contributed by atoms with Crippen molar-refractivity contribution < 1.29 is 27.4 Å². The number of anilines is 1. The van der Waals surface area contributed by atoms with Crippen LogP contribution in [-0.4, -0.2) is 46.3 Å². The Kier molecular flexibility index (Phi) is 8.27. The first-order chi connectivity index (χ1) is 17.8. The number of carbonyl (C=O) groups excluding carboxylic acids is 1. The lowest BCUT2D eigenvalue weighted by Gasteiger charge is -2.09. The summed E-state index contributed by atoms with van der Waals surface area (Å²) in [6.45, 7) is 3.43. The fraction of sp³-hybridized carbons (Fsp3) is 0.231. The standard InChI is InChI=1S/C26H27N3O6S2/c1-4-35-21-10-13-23-24(17-21)36-26(29(23)14-15-33-2)27-25(30)18-6-5-7-19(16-18)28-37(31,32)22-11-8-20(34-3)9-12-22/h5-13,16-17,28H,4,14-15H2,1-3H3. The summed E-state index contributed by atoms with van der Waals surface area (Å²) in [5, 5.41) is 0. The van der Waals surface area contributed by atoms with Gasteiger partial charge in [-0.05, 0) is 67.6 Å². The first-order valence-electron chi connectivity index (χ1n) is 11.5. The van der Waals surface area contributed by atoms with Crippen molar-refractivity contribution >= 4 is 43.2 Å². The molecule has 1 aromatic heterocycles. The van der Waals surface area contributed by atoms with Crippen molar-refractivity contribution in [1.82, 2.24) is 4.57 Å². The number of nitrogens with zero attached hydrogens (tertiary/aromatic N) is 2. The Morgan fingerprint density at radius 2 is 1.78 bits per heavy atom. The molecular weight excluding hydrogens is 514 g/mol. The van der Waals surface area contributed by atoms with E-state index in [1.807, 2.05) is 29.7 Å². The van der Waals surface area contributed by atoms with E-state index in [4.69, 9.17) is 14.2 Å². The molecule has 11 heteroatoms. The van der Waals surface area contributed by atoms with Crippen LogP contribution >= 0.6 is 11.3 Å². The summed E-state index contributed by atoms with van der Waals surface area (Å²) in [5.41, 5.74) is 1.42. The van der Waals surface area contributed by atoms with Crippen LogP contribution in [0.1, 0.15) is 17.3 Å². The summed E-state index contributed by atoms with van der Waals surface area (Å²) < 4.78 is 46.9. The number of thiazole rings is 1. The van der Waals surface area contributed by atoms with Crippen molar-refractivity contribution in [2.24, 2.45) is 4.99 Å². The Balaban J connectivity index is 1.64. The summed E-state index contributed by atoms with van der Waals surface area (Å²) in [7, 11) is -0.739. The first-order valence-corrected chi connectivity index (χ1v) is 13.8. The van der Waals surface area contributed by atoms with Gasteiger partial charge in [0.25, 0.3) is 15.9 Å². The van der Waals surface area contributed by atoms with E-state index < -0.39 is 15.9 Å². The molecular formula is C26H27N3O6S2. The molecule has 1 heterocycles. The number of amides is 1. The molecule has 0 unspecified atom stereocenters. The van der Waals surface area contributed by atoms with Gasteiger partial charge in [-0.3, -0.25) is 9.52 Å². The summed E-state index contributed by atoms with van der Waals surface area (Å²) in [6.07, 6.45) is 0. The number of rotatable bonds is 10. The van der Waals surface area contributed by atoms with Gasteiger partial charge in [0.05, 0.1) is 35.4 Å². The predicted octanol–water partition coefficient (Wildman–Crippen LogP) is 4.30. The highest BCUT2D eigenvalue weighted by molar-refractivity contribution is 7.92. The minimum absolute atomic E-state index is 0.0746. The Bertz CT molecular complexity index is 1570. The molecule has 0 aliphatic carbocycles. The second-order valence-corrected chi connectivity index (χ2v) is 10.6.